The van der Waals surface area contributed by atoms with Gasteiger partial charge in [0.25, 0.3) is 5.69 Å². The lowest BCUT2D eigenvalue weighted by Gasteiger charge is -2.38. The molecule has 1 heterocycles. The summed E-state index contributed by atoms with van der Waals surface area (Å²) in [7, 11) is 0. The quantitative estimate of drug-likeness (QED) is 0.618. The molecule has 1 atom stereocenters. The minimum Gasteiger partial charge on any atom is -0.369 e. The molecule has 104 valence electrons. The van der Waals surface area contributed by atoms with E-state index in [0.29, 0.717) is 6.04 Å². The molecule has 0 amide bonds. The first kappa shape index (κ1) is 13.8. The Morgan fingerprint density at radius 2 is 1.79 bits per heavy atom. The number of hydrogen-bond acceptors (Lipinski definition) is 4. The molecular weight excluding hydrogens is 242 g/mol. The molecule has 1 aliphatic rings. The van der Waals surface area contributed by atoms with E-state index in [9.17, 15) is 10.1 Å². The number of anilines is 1. The van der Waals surface area contributed by atoms with E-state index >= 15 is 0 Å². The van der Waals surface area contributed by atoms with Crippen LogP contribution in [0.2, 0.25) is 0 Å². The highest BCUT2D eigenvalue weighted by Crippen LogP contribution is 2.21. The third-order valence-corrected chi connectivity index (χ3v) is 3.95. The highest BCUT2D eigenvalue weighted by Gasteiger charge is 2.20. The molecule has 1 aliphatic heterocycles. The lowest BCUT2D eigenvalue weighted by atomic mass is 10.1. The van der Waals surface area contributed by atoms with E-state index in [1.165, 1.54) is 6.42 Å². The van der Waals surface area contributed by atoms with Crippen molar-refractivity contribution < 1.29 is 4.92 Å². The number of nitro benzene ring substituents is 1. The second-order valence-electron chi connectivity index (χ2n) is 5.05. The van der Waals surface area contributed by atoms with Gasteiger partial charge in [-0.2, -0.15) is 0 Å². The molecule has 2 rings (SSSR count). The highest BCUT2D eigenvalue weighted by atomic mass is 16.6. The molecule has 0 saturated carbocycles. The van der Waals surface area contributed by atoms with Crippen LogP contribution in [0.1, 0.15) is 20.3 Å². The Morgan fingerprint density at radius 3 is 2.26 bits per heavy atom. The summed E-state index contributed by atoms with van der Waals surface area (Å²) in [6, 6.07) is 7.49. The standard InChI is InChI=1S/C14H21N3O2/c1-3-12(2)15-8-10-16(11-9-15)13-4-6-14(7-5-13)17(18)19/h4-7,12H,3,8-11H2,1-2H3. The third kappa shape index (κ3) is 3.23. The highest BCUT2D eigenvalue weighted by molar-refractivity contribution is 5.51. The summed E-state index contributed by atoms with van der Waals surface area (Å²) in [4.78, 5) is 15.1. The predicted octanol–water partition coefficient (Wildman–Crippen LogP) is 2.52. The zero-order chi connectivity index (χ0) is 13.8. The van der Waals surface area contributed by atoms with Crippen molar-refractivity contribution in [1.29, 1.82) is 0 Å². The van der Waals surface area contributed by atoms with Gasteiger partial charge in [0.1, 0.15) is 0 Å². The summed E-state index contributed by atoms with van der Waals surface area (Å²) in [5.74, 6) is 0. The molecule has 19 heavy (non-hydrogen) atoms. The fourth-order valence-electron chi connectivity index (χ4n) is 2.46. The molecular formula is C14H21N3O2. The van der Waals surface area contributed by atoms with E-state index in [1.54, 1.807) is 12.1 Å². The molecule has 0 spiro atoms. The van der Waals surface area contributed by atoms with Crippen molar-refractivity contribution in [3.63, 3.8) is 0 Å². The molecule has 5 heteroatoms. The van der Waals surface area contributed by atoms with Crippen molar-refractivity contribution in [1.82, 2.24) is 4.90 Å². The lowest BCUT2D eigenvalue weighted by molar-refractivity contribution is -0.384. The fourth-order valence-corrected chi connectivity index (χ4v) is 2.46. The third-order valence-electron chi connectivity index (χ3n) is 3.95. The van der Waals surface area contributed by atoms with Gasteiger partial charge in [0.2, 0.25) is 0 Å². The molecule has 0 bridgehead atoms. The lowest BCUT2D eigenvalue weighted by Crippen LogP contribution is -2.49. The summed E-state index contributed by atoms with van der Waals surface area (Å²) >= 11 is 0. The number of benzene rings is 1. The van der Waals surface area contributed by atoms with Crippen molar-refractivity contribution in [2.75, 3.05) is 31.1 Å². The van der Waals surface area contributed by atoms with Crippen LogP contribution in [0.15, 0.2) is 24.3 Å². The molecule has 0 aromatic heterocycles. The van der Waals surface area contributed by atoms with Crippen LogP contribution < -0.4 is 4.90 Å². The molecule has 0 radical (unpaired) electrons. The van der Waals surface area contributed by atoms with Gasteiger partial charge in [-0.05, 0) is 25.5 Å². The van der Waals surface area contributed by atoms with Gasteiger partial charge in [-0.3, -0.25) is 15.0 Å². The Bertz CT molecular complexity index is 425. The van der Waals surface area contributed by atoms with Crippen LogP contribution in [0.5, 0.6) is 0 Å². The van der Waals surface area contributed by atoms with Gasteiger partial charge < -0.3 is 4.90 Å². The Hall–Kier alpha value is -1.62. The minimum atomic E-state index is -0.357. The molecule has 1 fully saturated rings. The van der Waals surface area contributed by atoms with E-state index in [4.69, 9.17) is 0 Å². The zero-order valence-electron chi connectivity index (χ0n) is 11.6. The SMILES string of the molecule is CCC(C)N1CCN(c2ccc([N+](=O)[O-])cc2)CC1. The van der Waals surface area contributed by atoms with Crippen molar-refractivity contribution in [3.8, 4) is 0 Å². The minimum absolute atomic E-state index is 0.155. The van der Waals surface area contributed by atoms with E-state index in [-0.39, 0.29) is 10.6 Å². The van der Waals surface area contributed by atoms with Crippen LogP contribution in [0.3, 0.4) is 0 Å². The van der Waals surface area contributed by atoms with Crippen molar-refractivity contribution in [2.24, 2.45) is 0 Å². The normalized spacial score (nSPS) is 18.3. The van der Waals surface area contributed by atoms with Crippen molar-refractivity contribution in [3.05, 3.63) is 34.4 Å². The number of nitrogens with zero attached hydrogens (tertiary/aromatic N) is 3. The topological polar surface area (TPSA) is 49.6 Å². The summed E-state index contributed by atoms with van der Waals surface area (Å²) in [6.07, 6.45) is 1.18. The van der Waals surface area contributed by atoms with Crippen molar-refractivity contribution >= 4 is 11.4 Å². The second-order valence-corrected chi connectivity index (χ2v) is 5.05. The Balaban J connectivity index is 1.96. The predicted molar refractivity (Wildman–Crippen MR) is 76.6 cm³/mol. The monoisotopic (exact) mass is 263 g/mol. The number of piperazine rings is 1. The fraction of sp³-hybridized carbons (Fsp3) is 0.571. The maximum absolute atomic E-state index is 10.6. The zero-order valence-corrected chi connectivity index (χ0v) is 11.6. The molecule has 1 aromatic carbocycles. The van der Waals surface area contributed by atoms with Crippen LogP contribution >= 0.6 is 0 Å². The van der Waals surface area contributed by atoms with Gasteiger partial charge in [0, 0.05) is 50.0 Å². The summed E-state index contributed by atoms with van der Waals surface area (Å²) in [6.45, 7) is 8.58. The Morgan fingerprint density at radius 1 is 1.21 bits per heavy atom. The van der Waals surface area contributed by atoms with Crippen LogP contribution in [0.25, 0.3) is 0 Å². The maximum atomic E-state index is 10.6. The van der Waals surface area contributed by atoms with Crippen molar-refractivity contribution in [2.45, 2.75) is 26.3 Å². The van der Waals surface area contributed by atoms with Gasteiger partial charge in [-0.1, -0.05) is 6.92 Å². The molecule has 1 unspecified atom stereocenters. The van der Waals surface area contributed by atoms with E-state index in [1.807, 2.05) is 12.1 Å². The first-order chi connectivity index (χ1) is 9.11. The largest absolute Gasteiger partial charge is 0.369 e. The first-order valence-electron chi connectivity index (χ1n) is 6.85. The number of non-ortho nitro benzene ring substituents is 1. The van der Waals surface area contributed by atoms with Gasteiger partial charge >= 0.3 is 0 Å². The number of rotatable bonds is 4. The van der Waals surface area contributed by atoms with E-state index in [0.717, 1.165) is 31.9 Å². The van der Waals surface area contributed by atoms with Gasteiger partial charge in [-0.15, -0.1) is 0 Å². The smallest absolute Gasteiger partial charge is 0.269 e. The van der Waals surface area contributed by atoms with Gasteiger partial charge in [0.15, 0.2) is 0 Å². The molecule has 0 aliphatic carbocycles. The number of hydrogen-bond donors (Lipinski definition) is 0. The molecule has 0 N–H and O–H groups in total. The average Bonchev–Trinajstić information content (AvgIpc) is 2.46. The number of nitro groups is 1. The summed E-state index contributed by atoms with van der Waals surface area (Å²) < 4.78 is 0. The van der Waals surface area contributed by atoms with E-state index in [2.05, 4.69) is 23.6 Å². The van der Waals surface area contributed by atoms with Crippen LogP contribution in [0, 0.1) is 10.1 Å². The second kappa shape index (κ2) is 6.02. The Labute approximate surface area is 114 Å². The molecule has 5 nitrogen and oxygen atoms in total. The van der Waals surface area contributed by atoms with Gasteiger partial charge in [-0.25, -0.2) is 0 Å². The summed E-state index contributed by atoms with van der Waals surface area (Å²) in [5, 5.41) is 10.6. The maximum Gasteiger partial charge on any atom is 0.269 e. The van der Waals surface area contributed by atoms with Crippen LogP contribution in [-0.4, -0.2) is 42.0 Å². The molecule has 1 aromatic rings. The molecule has 1 saturated heterocycles. The Kier molecular flexibility index (Phi) is 4.37. The summed E-state index contributed by atoms with van der Waals surface area (Å²) in [5.41, 5.74) is 1.23. The average molecular weight is 263 g/mol. The first-order valence-corrected chi connectivity index (χ1v) is 6.85. The van der Waals surface area contributed by atoms with Crippen LogP contribution in [-0.2, 0) is 0 Å². The van der Waals surface area contributed by atoms with Gasteiger partial charge in [0.05, 0.1) is 4.92 Å². The van der Waals surface area contributed by atoms with Crippen LogP contribution in [0.4, 0.5) is 11.4 Å². The van der Waals surface area contributed by atoms with E-state index < -0.39 is 0 Å².